The van der Waals surface area contributed by atoms with Gasteiger partial charge in [0.2, 0.25) is 15.9 Å². The number of nitrogens with one attached hydrogen (secondary N) is 1. The third-order valence-electron chi connectivity index (χ3n) is 4.72. The van der Waals surface area contributed by atoms with Crippen molar-refractivity contribution in [2.45, 2.75) is 25.6 Å². The van der Waals surface area contributed by atoms with Crippen molar-refractivity contribution < 1.29 is 26.4 Å². The highest BCUT2D eigenvalue weighted by Gasteiger charge is 2.31. The quantitative estimate of drug-likeness (QED) is 0.790. The number of rotatable bonds is 5. The second-order valence-electron chi connectivity index (χ2n) is 7.07. The molecule has 2 aromatic rings. The molecule has 0 aliphatic carbocycles. The molecule has 1 saturated heterocycles. The van der Waals surface area contributed by atoms with E-state index in [2.05, 4.69) is 10.4 Å². The van der Waals surface area contributed by atoms with Crippen LogP contribution in [0.1, 0.15) is 24.0 Å². The second-order valence-corrected chi connectivity index (χ2v) is 9.06. The van der Waals surface area contributed by atoms with E-state index >= 15 is 0 Å². The van der Waals surface area contributed by atoms with E-state index in [-0.39, 0.29) is 19.0 Å². The Kier molecular flexibility index (Phi) is 5.99. The highest BCUT2D eigenvalue weighted by molar-refractivity contribution is 7.88. The monoisotopic (exact) mass is 430 g/mol. The molecule has 1 amide bonds. The molecule has 0 radical (unpaired) electrons. The maximum absolute atomic E-state index is 12.8. The summed E-state index contributed by atoms with van der Waals surface area (Å²) in [6.07, 6.45) is 0.804. The number of carbonyl (C=O) groups excluding carboxylic acids is 1. The van der Waals surface area contributed by atoms with Crippen LogP contribution in [0.4, 0.5) is 18.9 Å². The lowest BCUT2D eigenvalue weighted by molar-refractivity contribution is -0.137. The van der Waals surface area contributed by atoms with Crippen LogP contribution in [0.5, 0.6) is 0 Å². The van der Waals surface area contributed by atoms with Crippen molar-refractivity contribution >= 4 is 21.6 Å². The number of anilines is 1. The van der Waals surface area contributed by atoms with Gasteiger partial charge in [-0.2, -0.15) is 18.3 Å². The summed E-state index contributed by atoms with van der Waals surface area (Å²) in [5, 5.41) is 6.77. The molecule has 29 heavy (non-hydrogen) atoms. The number of alkyl halides is 3. The maximum Gasteiger partial charge on any atom is 0.416 e. The Morgan fingerprint density at radius 1 is 1.34 bits per heavy atom. The number of amides is 1. The van der Waals surface area contributed by atoms with Crippen LogP contribution in [0.25, 0.3) is 0 Å². The molecule has 1 aromatic heterocycles. The lowest BCUT2D eigenvalue weighted by Crippen LogP contribution is -2.43. The van der Waals surface area contributed by atoms with Crippen LogP contribution in [0.15, 0.2) is 36.7 Å². The van der Waals surface area contributed by atoms with Crippen molar-refractivity contribution in [3.8, 4) is 0 Å². The zero-order valence-electron chi connectivity index (χ0n) is 15.7. The number of benzene rings is 1. The van der Waals surface area contributed by atoms with Crippen LogP contribution in [-0.2, 0) is 27.5 Å². The molecule has 0 saturated carbocycles. The van der Waals surface area contributed by atoms with E-state index in [0.29, 0.717) is 30.6 Å². The first-order chi connectivity index (χ1) is 13.5. The molecule has 1 aromatic carbocycles. The van der Waals surface area contributed by atoms with Gasteiger partial charge in [0.05, 0.1) is 36.2 Å². The Labute approximate surface area is 166 Å². The van der Waals surface area contributed by atoms with Gasteiger partial charge in [-0.25, -0.2) is 12.7 Å². The molecule has 2 heterocycles. The Bertz CT molecular complexity index is 988. The topological polar surface area (TPSA) is 84.3 Å². The van der Waals surface area contributed by atoms with Crippen LogP contribution >= 0.6 is 0 Å². The standard InChI is InChI=1S/C18H21F3N4O3S/c1-29(27,28)25-7-3-5-14(11-25)17(26)23-16-9-22-24(12-16)10-13-4-2-6-15(8-13)18(19,20)21/h2,4,6,8-9,12,14H,3,5,7,10-11H2,1H3,(H,23,26). The largest absolute Gasteiger partial charge is 0.416 e. The minimum atomic E-state index is -4.42. The van der Waals surface area contributed by atoms with Crippen LogP contribution in [0, 0.1) is 5.92 Å². The molecular weight excluding hydrogens is 409 g/mol. The van der Waals surface area contributed by atoms with Crippen LogP contribution in [0.3, 0.4) is 0 Å². The van der Waals surface area contributed by atoms with Gasteiger partial charge in [0.1, 0.15) is 0 Å². The van der Waals surface area contributed by atoms with Gasteiger partial charge in [-0.3, -0.25) is 9.48 Å². The smallest absolute Gasteiger partial charge is 0.323 e. The molecule has 1 unspecified atom stereocenters. The third kappa shape index (κ3) is 5.57. The Morgan fingerprint density at radius 2 is 2.10 bits per heavy atom. The second kappa shape index (κ2) is 8.15. The summed E-state index contributed by atoms with van der Waals surface area (Å²) in [6, 6.07) is 4.96. The van der Waals surface area contributed by atoms with E-state index in [1.54, 1.807) is 6.07 Å². The fraction of sp³-hybridized carbons (Fsp3) is 0.444. The Morgan fingerprint density at radius 3 is 2.79 bits per heavy atom. The van der Waals surface area contributed by atoms with E-state index < -0.39 is 27.7 Å². The number of carbonyl (C=O) groups is 1. The summed E-state index contributed by atoms with van der Waals surface area (Å²) in [5.74, 6) is -0.776. The number of hydrogen-bond donors (Lipinski definition) is 1. The normalized spacial score (nSPS) is 18.6. The van der Waals surface area contributed by atoms with Crippen LogP contribution in [0.2, 0.25) is 0 Å². The van der Waals surface area contributed by atoms with E-state index in [1.807, 2.05) is 0 Å². The Balaban J connectivity index is 1.63. The predicted octanol–water partition coefficient (Wildman–Crippen LogP) is 2.56. The fourth-order valence-corrected chi connectivity index (χ4v) is 4.16. The molecule has 11 heteroatoms. The maximum atomic E-state index is 12.8. The van der Waals surface area contributed by atoms with Gasteiger partial charge >= 0.3 is 6.18 Å². The van der Waals surface area contributed by atoms with Crippen LogP contribution < -0.4 is 5.32 Å². The van der Waals surface area contributed by atoms with E-state index in [9.17, 15) is 26.4 Å². The van der Waals surface area contributed by atoms with Gasteiger partial charge < -0.3 is 5.32 Å². The number of halogens is 3. The van der Waals surface area contributed by atoms with Gasteiger partial charge in [0.15, 0.2) is 0 Å². The number of sulfonamides is 1. The zero-order chi connectivity index (χ0) is 21.2. The Hall–Kier alpha value is -2.40. The lowest BCUT2D eigenvalue weighted by atomic mass is 9.99. The molecule has 1 N–H and O–H groups in total. The highest BCUT2D eigenvalue weighted by atomic mass is 32.2. The minimum Gasteiger partial charge on any atom is -0.323 e. The summed E-state index contributed by atoms with van der Waals surface area (Å²) >= 11 is 0. The number of piperidine rings is 1. The average Bonchev–Trinajstić information content (AvgIpc) is 3.07. The summed E-state index contributed by atoms with van der Waals surface area (Å²) in [4.78, 5) is 12.5. The molecular formula is C18H21F3N4O3S. The highest BCUT2D eigenvalue weighted by Crippen LogP contribution is 2.29. The summed E-state index contributed by atoms with van der Waals surface area (Å²) in [5.41, 5.74) is 0.0961. The third-order valence-corrected chi connectivity index (χ3v) is 5.99. The molecule has 0 bridgehead atoms. The van der Waals surface area contributed by atoms with Gasteiger partial charge in [-0.1, -0.05) is 12.1 Å². The predicted molar refractivity (Wildman–Crippen MR) is 101 cm³/mol. The summed E-state index contributed by atoms with van der Waals surface area (Å²) in [7, 11) is -3.35. The molecule has 1 aliphatic heterocycles. The van der Waals surface area contributed by atoms with E-state index in [4.69, 9.17) is 0 Å². The fourth-order valence-electron chi connectivity index (χ4n) is 3.25. The molecule has 1 atom stereocenters. The number of hydrogen-bond acceptors (Lipinski definition) is 4. The van der Waals surface area contributed by atoms with Gasteiger partial charge in [-0.05, 0) is 30.5 Å². The van der Waals surface area contributed by atoms with Gasteiger partial charge in [0.25, 0.3) is 0 Å². The van der Waals surface area contributed by atoms with Crippen molar-refractivity contribution in [1.82, 2.24) is 14.1 Å². The van der Waals surface area contributed by atoms with Crippen molar-refractivity contribution in [3.05, 3.63) is 47.8 Å². The van der Waals surface area contributed by atoms with E-state index in [0.717, 1.165) is 18.4 Å². The molecule has 3 rings (SSSR count). The first kappa shape index (κ1) is 21.3. The van der Waals surface area contributed by atoms with Crippen molar-refractivity contribution in [2.24, 2.45) is 5.92 Å². The lowest BCUT2D eigenvalue weighted by Gasteiger charge is -2.29. The number of aromatic nitrogens is 2. The van der Waals surface area contributed by atoms with Crippen molar-refractivity contribution in [1.29, 1.82) is 0 Å². The molecule has 7 nitrogen and oxygen atoms in total. The van der Waals surface area contributed by atoms with Gasteiger partial charge in [-0.15, -0.1) is 0 Å². The van der Waals surface area contributed by atoms with Crippen molar-refractivity contribution in [2.75, 3.05) is 24.7 Å². The first-order valence-corrected chi connectivity index (χ1v) is 10.8. The summed E-state index contributed by atoms with van der Waals surface area (Å²) < 4.78 is 64.6. The number of nitrogens with zero attached hydrogens (tertiary/aromatic N) is 3. The van der Waals surface area contributed by atoms with Crippen LogP contribution in [-0.4, -0.2) is 47.8 Å². The molecule has 1 aliphatic rings. The van der Waals surface area contributed by atoms with Crippen molar-refractivity contribution in [3.63, 3.8) is 0 Å². The molecule has 158 valence electrons. The van der Waals surface area contributed by atoms with E-state index in [1.165, 1.54) is 27.4 Å². The first-order valence-electron chi connectivity index (χ1n) is 8.97. The minimum absolute atomic E-state index is 0.116. The van der Waals surface area contributed by atoms with Gasteiger partial charge in [0, 0.05) is 19.3 Å². The summed E-state index contributed by atoms with van der Waals surface area (Å²) in [6.45, 7) is 0.644. The SMILES string of the molecule is CS(=O)(=O)N1CCCC(C(=O)Nc2cnn(Cc3cccc(C(F)(F)F)c3)c2)C1. The average molecular weight is 430 g/mol. The zero-order valence-corrected chi connectivity index (χ0v) is 16.5. The molecule has 0 spiro atoms. The molecule has 1 fully saturated rings.